The summed E-state index contributed by atoms with van der Waals surface area (Å²) in [5.41, 5.74) is 5.09. The van der Waals surface area contributed by atoms with E-state index in [9.17, 15) is 4.79 Å². The average Bonchev–Trinajstić information content (AvgIpc) is 2.40. The van der Waals surface area contributed by atoms with Crippen LogP contribution in [0.1, 0.15) is 9.67 Å². The van der Waals surface area contributed by atoms with Crippen molar-refractivity contribution >= 4 is 22.1 Å². The number of nitrogens with two attached hydrogens (primary N) is 1. The van der Waals surface area contributed by atoms with Crippen molar-refractivity contribution < 1.29 is 4.79 Å². The Balaban J connectivity index is 2.67. The maximum atomic E-state index is 10.7. The fourth-order valence-corrected chi connectivity index (χ4v) is 1.81. The highest BCUT2D eigenvalue weighted by Gasteiger charge is 2.04. The van der Waals surface area contributed by atoms with Crippen molar-refractivity contribution in [3.8, 4) is 0 Å². The molecule has 2 N–H and O–H groups in total. The molecular weight excluding hydrogens is 160 g/mol. The van der Waals surface area contributed by atoms with Crippen molar-refractivity contribution in [1.82, 2.24) is 4.40 Å². The van der Waals surface area contributed by atoms with Crippen LogP contribution < -0.4 is 5.73 Å². The van der Waals surface area contributed by atoms with Crippen molar-refractivity contribution in [3.63, 3.8) is 0 Å². The first-order valence-electron chi connectivity index (χ1n) is 3.14. The number of hydrogen-bond donors (Lipinski definition) is 1. The molecule has 2 rings (SSSR count). The molecule has 3 nitrogen and oxygen atoms in total. The second-order valence-electron chi connectivity index (χ2n) is 2.21. The van der Waals surface area contributed by atoms with Crippen molar-refractivity contribution in [3.05, 3.63) is 29.4 Å². The van der Waals surface area contributed by atoms with Gasteiger partial charge in [0.05, 0.1) is 4.83 Å². The predicted octanol–water partition coefficient (Wildman–Crippen LogP) is 1.10. The molecule has 11 heavy (non-hydrogen) atoms. The third-order valence-electron chi connectivity index (χ3n) is 1.45. The van der Waals surface area contributed by atoms with Crippen molar-refractivity contribution in [1.29, 1.82) is 0 Å². The summed E-state index contributed by atoms with van der Waals surface area (Å²) in [5, 5.41) is 0. The number of carbonyl (C=O) groups is 1. The van der Waals surface area contributed by atoms with Crippen LogP contribution in [-0.4, -0.2) is 10.3 Å². The minimum Gasteiger partial charge on any atom is -0.365 e. The Morgan fingerprint density at radius 3 is 3.09 bits per heavy atom. The smallest absolute Gasteiger partial charge is 0.260 e. The van der Waals surface area contributed by atoms with Crippen molar-refractivity contribution in [2.75, 3.05) is 0 Å². The highest BCUT2D eigenvalue weighted by molar-refractivity contribution is 7.19. The zero-order chi connectivity index (χ0) is 7.84. The Morgan fingerprint density at radius 1 is 1.64 bits per heavy atom. The Kier molecular flexibility index (Phi) is 1.22. The van der Waals surface area contributed by atoms with E-state index >= 15 is 0 Å². The first-order chi connectivity index (χ1) is 5.27. The highest BCUT2D eigenvalue weighted by atomic mass is 32.1. The topological polar surface area (TPSA) is 47.5 Å². The molecule has 0 saturated heterocycles. The van der Waals surface area contributed by atoms with Gasteiger partial charge in [0.15, 0.2) is 0 Å². The van der Waals surface area contributed by atoms with Crippen LogP contribution in [0.5, 0.6) is 0 Å². The van der Waals surface area contributed by atoms with Gasteiger partial charge in [0.2, 0.25) is 0 Å². The molecule has 0 saturated carbocycles. The SMILES string of the molecule is NC(=O)c1cn2cccc2s1. The fraction of sp³-hybridized carbons (Fsp3) is 0. The Labute approximate surface area is 67.1 Å². The molecule has 1 amide bonds. The van der Waals surface area contributed by atoms with Crippen LogP contribution >= 0.6 is 11.3 Å². The van der Waals surface area contributed by atoms with Crippen LogP contribution in [-0.2, 0) is 0 Å². The number of fused-ring (bicyclic) bond motifs is 1. The van der Waals surface area contributed by atoms with Crippen LogP contribution in [0.25, 0.3) is 4.83 Å². The third kappa shape index (κ3) is 0.914. The fourth-order valence-electron chi connectivity index (χ4n) is 0.950. The predicted molar refractivity (Wildman–Crippen MR) is 43.8 cm³/mol. The number of carbonyl (C=O) groups excluding carboxylic acids is 1. The molecule has 2 aromatic rings. The van der Waals surface area contributed by atoms with E-state index in [2.05, 4.69) is 0 Å². The van der Waals surface area contributed by atoms with E-state index in [-0.39, 0.29) is 5.91 Å². The van der Waals surface area contributed by atoms with Gasteiger partial charge in [-0.05, 0) is 12.1 Å². The van der Waals surface area contributed by atoms with Gasteiger partial charge in [-0.3, -0.25) is 4.79 Å². The maximum Gasteiger partial charge on any atom is 0.260 e. The summed E-state index contributed by atoms with van der Waals surface area (Å²) in [6.45, 7) is 0. The minimum absolute atomic E-state index is 0.362. The van der Waals surface area contributed by atoms with Crippen molar-refractivity contribution in [2.45, 2.75) is 0 Å². The molecule has 2 heterocycles. The van der Waals surface area contributed by atoms with E-state index in [0.29, 0.717) is 4.88 Å². The molecule has 4 heteroatoms. The van der Waals surface area contributed by atoms with Crippen LogP contribution in [0.4, 0.5) is 0 Å². The number of nitrogens with zero attached hydrogens (tertiary/aromatic N) is 1. The van der Waals surface area contributed by atoms with Gasteiger partial charge in [0, 0.05) is 12.4 Å². The van der Waals surface area contributed by atoms with E-state index in [4.69, 9.17) is 5.73 Å². The van der Waals surface area contributed by atoms with Gasteiger partial charge in [-0.2, -0.15) is 0 Å². The summed E-state index contributed by atoms with van der Waals surface area (Å²) in [5.74, 6) is -0.362. The summed E-state index contributed by atoms with van der Waals surface area (Å²) >= 11 is 1.40. The van der Waals surface area contributed by atoms with Gasteiger partial charge in [0.25, 0.3) is 5.91 Å². The van der Waals surface area contributed by atoms with E-state index in [0.717, 1.165) is 4.83 Å². The lowest BCUT2D eigenvalue weighted by molar-refractivity contribution is 0.100. The molecule has 56 valence electrons. The lowest BCUT2D eigenvalue weighted by Gasteiger charge is -1.81. The number of amides is 1. The van der Waals surface area contributed by atoms with Crippen LogP contribution in [0.3, 0.4) is 0 Å². The zero-order valence-electron chi connectivity index (χ0n) is 5.65. The van der Waals surface area contributed by atoms with Gasteiger partial charge < -0.3 is 10.1 Å². The maximum absolute atomic E-state index is 10.7. The second kappa shape index (κ2) is 2.10. The molecule has 0 aliphatic heterocycles. The van der Waals surface area contributed by atoms with Crippen LogP contribution in [0.15, 0.2) is 24.5 Å². The molecular formula is C7H6N2OS. The minimum atomic E-state index is -0.362. The molecule has 0 unspecified atom stereocenters. The first-order valence-corrected chi connectivity index (χ1v) is 3.95. The Morgan fingerprint density at radius 2 is 2.45 bits per heavy atom. The van der Waals surface area contributed by atoms with Crippen LogP contribution in [0, 0.1) is 0 Å². The standard InChI is InChI=1S/C7H6N2OS/c8-7(10)5-4-9-3-1-2-6(9)11-5/h1-4H,(H2,8,10). The normalized spacial score (nSPS) is 10.5. The van der Waals surface area contributed by atoms with Crippen LogP contribution in [0.2, 0.25) is 0 Å². The van der Waals surface area contributed by atoms with Crippen molar-refractivity contribution in [2.24, 2.45) is 5.73 Å². The number of hydrogen-bond acceptors (Lipinski definition) is 2. The van der Waals surface area contributed by atoms with Gasteiger partial charge in [-0.25, -0.2) is 0 Å². The Hall–Kier alpha value is -1.29. The van der Waals surface area contributed by atoms with E-state index in [1.54, 1.807) is 6.20 Å². The van der Waals surface area contributed by atoms with Gasteiger partial charge in [-0.1, -0.05) is 0 Å². The molecule has 0 aliphatic rings. The highest BCUT2D eigenvalue weighted by Crippen LogP contribution is 2.17. The zero-order valence-corrected chi connectivity index (χ0v) is 6.47. The average molecular weight is 166 g/mol. The monoisotopic (exact) mass is 166 g/mol. The number of primary amides is 1. The summed E-state index contributed by atoms with van der Waals surface area (Å²) in [6.07, 6.45) is 3.63. The van der Waals surface area contributed by atoms with E-state index in [1.165, 1.54) is 11.3 Å². The van der Waals surface area contributed by atoms with Gasteiger partial charge in [0.1, 0.15) is 4.88 Å². The molecule has 0 aromatic carbocycles. The summed E-state index contributed by atoms with van der Waals surface area (Å²) in [4.78, 5) is 12.3. The molecule has 2 aromatic heterocycles. The first kappa shape index (κ1) is 6.42. The number of rotatable bonds is 1. The molecule has 0 spiro atoms. The van der Waals surface area contributed by atoms with Gasteiger partial charge in [-0.15, -0.1) is 11.3 Å². The van der Waals surface area contributed by atoms with E-state index in [1.807, 2.05) is 22.7 Å². The molecule has 0 radical (unpaired) electrons. The number of thiazole rings is 1. The molecule has 0 aliphatic carbocycles. The summed E-state index contributed by atoms with van der Waals surface area (Å²) < 4.78 is 1.88. The summed E-state index contributed by atoms with van der Waals surface area (Å²) in [6, 6.07) is 3.87. The lowest BCUT2D eigenvalue weighted by Crippen LogP contribution is -2.08. The molecule has 0 bridgehead atoms. The number of aromatic nitrogens is 1. The molecule has 0 fully saturated rings. The second-order valence-corrected chi connectivity index (χ2v) is 3.28. The molecule has 0 atom stereocenters. The van der Waals surface area contributed by atoms with Gasteiger partial charge >= 0.3 is 0 Å². The largest absolute Gasteiger partial charge is 0.365 e. The third-order valence-corrected chi connectivity index (χ3v) is 2.54. The summed E-state index contributed by atoms with van der Waals surface area (Å²) in [7, 11) is 0. The lowest BCUT2D eigenvalue weighted by atomic mass is 10.5. The van der Waals surface area contributed by atoms with E-state index < -0.39 is 0 Å². The quantitative estimate of drug-likeness (QED) is 0.677. The Bertz CT molecular complexity index is 373.